The van der Waals surface area contributed by atoms with Gasteiger partial charge in [-0.3, -0.25) is 4.79 Å². The standard InChI is InChI=1S/C15H23FN2O/c1-3-8-17-9-10-18-15(19)11-12(2)13-4-6-14(16)7-5-13/h4-7,12,17H,3,8-11H2,1-2H3,(H,18,19). The van der Waals surface area contributed by atoms with Gasteiger partial charge in [0.25, 0.3) is 0 Å². The lowest BCUT2D eigenvalue weighted by Gasteiger charge is -2.12. The lowest BCUT2D eigenvalue weighted by Crippen LogP contribution is -2.32. The maximum absolute atomic E-state index is 12.8. The molecule has 0 saturated heterocycles. The Labute approximate surface area is 114 Å². The third-order valence-corrected chi connectivity index (χ3v) is 2.98. The van der Waals surface area contributed by atoms with Crippen molar-refractivity contribution in [2.24, 2.45) is 0 Å². The number of rotatable bonds is 8. The lowest BCUT2D eigenvalue weighted by molar-refractivity contribution is -0.121. The van der Waals surface area contributed by atoms with Crippen LogP contribution in [-0.4, -0.2) is 25.5 Å². The Morgan fingerprint density at radius 3 is 2.53 bits per heavy atom. The van der Waals surface area contributed by atoms with Crippen molar-refractivity contribution in [2.45, 2.75) is 32.6 Å². The van der Waals surface area contributed by atoms with Gasteiger partial charge in [0, 0.05) is 19.5 Å². The van der Waals surface area contributed by atoms with Gasteiger partial charge in [-0.1, -0.05) is 26.0 Å². The van der Waals surface area contributed by atoms with E-state index in [2.05, 4.69) is 17.6 Å². The third kappa shape index (κ3) is 6.34. The van der Waals surface area contributed by atoms with Crippen molar-refractivity contribution in [3.05, 3.63) is 35.6 Å². The third-order valence-electron chi connectivity index (χ3n) is 2.98. The van der Waals surface area contributed by atoms with Gasteiger partial charge in [0.1, 0.15) is 5.82 Å². The van der Waals surface area contributed by atoms with Crippen molar-refractivity contribution in [3.8, 4) is 0 Å². The highest BCUT2D eigenvalue weighted by molar-refractivity contribution is 5.76. The van der Waals surface area contributed by atoms with Crippen LogP contribution in [0.15, 0.2) is 24.3 Å². The Hall–Kier alpha value is -1.42. The number of hydrogen-bond donors (Lipinski definition) is 2. The molecule has 0 bridgehead atoms. The molecule has 106 valence electrons. The zero-order chi connectivity index (χ0) is 14.1. The molecule has 0 spiro atoms. The molecule has 3 nitrogen and oxygen atoms in total. The first kappa shape index (κ1) is 15.6. The number of nitrogens with one attached hydrogen (secondary N) is 2. The second-order valence-corrected chi connectivity index (χ2v) is 4.76. The topological polar surface area (TPSA) is 41.1 Å². The van der Waals surface area contributed by atoms with Crippen LogP contribution in [-0.2, 0) is 4.79 Å². The predicted molar refractivity (Wildman–Crippen MR) is 75.6 cm³/mol. The summed E-state index contributed by atoms with van der Waals surface area (Å²) < 4.78 is 12.8. The number of hydrogen-bond acceptors (Lipinski definition) is 2. The maximum Gasteiger partial charge on any atom is 0.220 e. The Balaban J connectivity index is 2.26. The predicted octanol–water partition coefficient (Wildman–Crippen LogP) is 2.44. The van der Waals surface area contributed by atoms with Gasteiger partial charge in [-0.15, -0.1) is 0 Å². The van der Waals surface area contributed by atoms with Crippen LogP contribution < -0.4 is 10.6 Å². The van der Waals surface area contributed by atoms with Crippen LogP contribution in [0.5, 0.6) is 0 Å². The van der Waals surface area contributed by atoms with Crippen LogP contribution in [0, 0.1) is 5.82 Å². The molecule has 0 saturated carbocycles. The number of halogens is 1. The van der Waals surface area contributed by atoms with Crippen LogP contribution >= 0.6 is 0 Å². The first-order valence-electron chi connectivity index (χ1n) is 6.86. The highest BCUT2D eigenvalue weighted by Gasteiger charge is 2.10. The van der Waals surface area contributed by atoms with Gasteiger partial charge in [-0.2, -0.15) is 0 Å². The molecule has 0 radical (unpaired) electrons. The van der Waals surface area contributed by atoms with E-state index >= 15 is 0 Å². The quantitative estimate of drug-likeness (QED) is 0.710. The average Bonchev–Trinajstić information content (AvgIpc) is 2.39. The summed E-state index contributed by atoms with van der Waals surface area (Å²) in [5, 5.41) is 6.10. The molecule has 2 N–H and O–H groups in total. The van der Waals surface area contributed by atoms with Gasteiger partial charge >= 0.3 is 0 Å². The smallest absolute Gasteiger partial charge is 0.220 e. The summed E-state index contributed by atoms with van der Waals surface area (Å²) in [5.41, 5.74) is 0.987. The molecule has 1 amide bonds. The molecule has 0 aliphatic heterocycles. The zero-order valence-corrected chi connectivity index (χ0v) is 11.7. The Bertz CT molecular complexity index is 378. The molecular formula is C15H23FN2O. The van der Waals surface area contributed by atoms with E-state index in [4.69, 9.17) is 0 Å². The zero-order valence-electron chi connectivity index (χ0n) is 11.7. The Morgan fingerprint density at radius 1 is 1.21 bits per heavy atom. The van der Waals surface area contributed by atoms with Crippen molar-refractivity contribution in [1.82, 2.24) is 10.6 Å². The van der Waals surface area contributed by atoms with E-state index in [9.17, 15) is 9.18 Å². The molecule has 1 atom stereocenters. The molecule has 4 heteroatoms. The van der Waals surface area contributed by atoms with Crippen LogP contribution in [0.25, 0.3) is 0 Å². The molecular weight excluding hydrogens is 243 g/mol. The molecule has 0 aromatic heterocycles. The maximum atomic E-state index is 12.8. The molecule has 1 aromatic rings. The van der Waals surface area contributed by atoms with Crippen LogP contribution in [0.1, 0.15) is 38.2 Å². The molecule has 0 aliphatic rings. The second kappa shape index (κ2) is 8.64. The van der Waals surface area contributed by atoms with E-state index < -0.39 is 0 Å². The SMILES string of the molecule is CCCNCCNC(=O)CC(C)c1ccc(F)cc1. The van der Waals surface area contributed by atoms with Crippen molar-refractivity contribution in [2.75, 3.05) is 19.6 Å². The Morgan fingerprint density at radius 2 is 1.89 bits per heavy atom. The van der Waals surface area contributed by atoms with Gasteiger partial charge in [-0.05, 0) is 36.6 Å². The first-order chi connectivity index (χ1) is 9.13. The van der Waals surface area contributed by atoms with Crippen LogP contribution in [0.2, 0.25) is 0 Å². The monoisotopic (exact) mass is 266 g/mol. The van der Waals surface area contributed by atoms with Gasteiger partial charge in [0.05, 0.1) is 0 Å². The summed E-state index contributed by atoms with van der Waals surface area (Å²) in [6.07, 6.45) is 1.52. The molecule has 0 fully saturated rings. The van der Waals surface area contributed by atoms with E-state index in [0.717, 1.165) is 25.1 Å². The number of amides is 1. The number of carbonyl (C=O) groups is 1. The molecule has 1 aromatic carbocycles. The second-order valence-electron chi connectivity index (χ2n) is 4.76. The van der Waals surface area contributed by atoms with Gasteiger partial charge < -0.3 is 10.6 Å². The van der Waals surface area contributed by atoms with Crippen molar-refractivity contribution in [3.63, 3.8) is 0 Å². The van der Waals surface area contributed by atoms with Crippen LogP contribution in [0.3, 0.4) is 0 Å². The summed E-state index contributed by atoms with van der Waals surface area (Å²) in [4.78, 5) is 11.7. The molecule has 0 aliphatic carbocycles. The fraction of sp³-hybridized carbons (Fsp3) is 0.533. The Kier molecular flexibility index (Phi) is 7.11. The van der Waals surface area contributed by atoms with Gasteiger partial charge in [0.2, 0.25) is 5.91 Å². The first-order valence-corrected chi connectivity index (χ1v) is 6.86. The normalized spacial score (nSPS) is 12.2. The fourth-order valence-electron chi connectivity index (χ4n) is 1.85. The highest BCUT2D eigenvalue weighted by Crippen LogP contribution is 2.18. The fourth-order valence-corrected chi connectivity index (χ4v) is 1.85. The van der Waals surface area contributed by atoms with E-state index in [1.807, 2.05) is 6.92 Å². The van der Waals surface area contributed by atoms with E-state index in [0.29, 0.717) is 13.0 Å². The summed E-state index contributed by atoms with van der Waals surface area (Å²) >= 11 is 0. The highest BCUT2D eigenvalue weighted by atomic mass is 19.1. The number of carbonyl (C=O) groups excluding carboxylic acids is 1. The molecule has 1 rings (SSSR count). The summed E-state index contributed by atoms with van der Waals surface area (Å²) in [6.45, 7) is 6.50. The van der Waals surface area contributed by atoms with Gasteiger partial charge in [0.15, 0.2) is 0 Å². The van der Waals surface area contributed by atoms with E-state index in [1.54, 1.807) is 12.1 Å². The summed E-state index contributed by atoms with van der Waals surface area (Å²) in [7, 11) is 0. The molecule has 0 heterocycles. The largest absolute Gasteiger partial charge is 0.355 e. The minimum atomic E-state index is -0.248. The van der Waals surface area contributed by atoms with Crippen molar-refractivity contribution in [1.29, 1.82) is 0 Å². The van der Waals surface area contributed by atoms with Crippen LogP contribution in [0.4, 0.5) is 4.39 Å². The number of benzene rings is 1. The van der Waals surface area contributed by atoms with E-state index in [1.165, 1.54) is 12.1 Å². The lowest BCUT2D eigenvalue weighted by atomic mass is 9.97. The summed E-state index contributed by atoms with van der Waals surface area (Å²) in [6, 6.07) is 6.32. The average molecular weight is 266 g/mol. The molecule has 1 unspecified atom stereocenters. The van der Waals surface area contributed by atoms with Crippen molar-refractivity contribution >= 4 is 5.91 Å². The van der Waals surface area contributed by atoms with Crippen molar-refractivity contribution < 1.29 is 9.18 Å². The van der Waals surface area contributed by atoms with E-state index in [-0.39, 0.29) is 17.6 Å². The van der Waals surface area contributed by atoms with Gasteiger partial charge in [-0.25, -0.2) is 4.39 Å². The molecule has 19 heavy (non-hydrogen) atoms. The minimum absolute atomic E-state index is 0.0372. The summed E-state index contributed by atoms with van der Waals surface area (Å²) in [5.74, 6) is -0.110. The minimum Gasteiger partial charge on any atom is -0.355 e.